The number of phenolic OH excluding ortho intramolecular Hbond substituents is 1. The monoisotopic (exact) mass is 265 g/mol. The Labute approximate surface area is 108 Å². The number of halogens is 1. The summed E-state index contributed by atoms with van der Waals surface area (Å²) in [5, 5.41) is 16.1. The number of carbonyl (C=O) groups is 1. The van der Waals surface area contributed by atoms with Gasteiger partial charge in [0.2, 0.25) is 0 Å². The Kier molecular flexibility index (Phi) is 3.94. The Hall–Kier alpha value is -1.88. The van der Waals surface area contributed by atoms with Crippen LogP contribution in [0, 0.1) is 5.82 Å². The predicted octanol–water partition coefficient (Wildman–Crippen LogP) is 2.57. The van der Waals surface area contributed by atoms with E-state index in [1.807, 2.05) is 16.8 Å². The second-order valence-electron chi connectivity index (χ2n) is 3.80. The van der Waals surface area contributed by atoms with E-state index in [9.17, 15) is 14.3 Å². The molecular weight excluding hydrogens is 253 g/mol. The molecule has 0 atom stereocenters. The summed E-state index contributed by atoms with van der Waals surface area (Å²) in [6.07, 6.45) is 0.733. The predicted molar refractivity (Wildman–Crippen MR) is 68.4 cm³/mol. The summed E-state index contributed by atoms with van der Waals surface area (Å²) in [5.41, 5.74) is 1.24. The fraction of sp³-hybridized carbons (Fsp3) is 0.154. The number of rotatable bonds is 4. The summed E-state index contributed by atoms with van der Waals surface area (Å²) in [5.74, 6) is -1.31. The zero-order valence-electron chi connectivity index (χ0n) is 9.52. The van der Waals surface area contributed by atoms with Crippen molar-refractivity contribution in [2.45, 2.75) is 6.42 Å². The average molecular weight is 265 g/mol. The van der Waals surface area contributed by atoms with Crippen LogP contribution in [0.5, 0.6) is 5.75 Å². The molecule has 1 amide bonds. The van der Waals surface area contributed by atoms with Gasteiger partial charge < -0.3 is 10.4 Å². The van der Waals surface area contributed by atoms with Crippen LogP contribution < -0.4 is 5.32 Å². The molecule has 0 bridgehead atoms. The van der Waals surface area contributed by atoms with E-state index < -0.39 is 11.7 Å². The quantitative estimate of drug-likeness (QED) is 0.892. The Bertz CT molecular complexity index is 540. The van der Waals surface area contributed by atoms with Crippen molar-refractivity contribution >= 4 is 17.2 Å². The molecule has 0 fully saturated rings. The van der Waals surface area contributed by atoms with E-state index in [0.717, 1.165) is 24.1 Å². The second kappa shape index (κ2) is 5.64. The first-order valence-corrected chi connectivity index (χ1v) is 6.39. The van der Waals surface area contributed by atoms with Gasteiger partial charge in [-0.3, -0.25) is 4.79 Å². The van der Waals surface area contributed by atoms with Crippen LogP contribution >= 0.6 is 11.3 Å². The van der Waals surface area contributed by atoms with E-state index in [1.54, 1.807) is 11.3 Å². The molecule has 0 saturated carbocycles. The lowest BCUT2D eigenvalue weighted by Gasteiger charge is -2.06. The number of hydrogen-bond acceptors (Lipinski definition) is 3. The third-order valence-electron chi connectivity index (χ3n) is 2.48. The summed E-state index contributed by atoms with van der Waals surface area (Å²) in [4.78, 5) is 11.7. The van der Waals surface area contributed by atoms with Crippen LogP contribution in [0.1, 0.15) is 15.9 Å². The van der Waals surface area contributed by atoms with E-state index in [2.05, 4.69) is 5.32 Å². The normalized spacial score (nSPS) is 10.3. The summed E-state index contributed by atoms with van der Waals surface area (Å²) < 4.78 is 12.8. The minimum atomic E-state index is -0.567. The maximum atomic E-state index is 12.8. The van der Waals surface area contributed by atoms with Gasteiger partial charge in [0.1, 0.15) is 11.6 Å². The van der Waals surface area contributed by atoms with Crippen molar-refractivity contribution in [1.29, 1.82) is 0 Å². The highest BCUT2D eigenvalue weighted by atomic mass is 32.1. The van der Waals surface area contributed by atoms with Crippen LogP contribution in [0.15, 0.2) is 35.0 Å². The number of hydrogen-bond donors (Lipinski definition) is 2. The van der Waals surface area contributed by atoms with Crippen LogP contribution in [0.3, 0.4) is 0 Å². The zero-order chi connectivity index (χ0) is 13.0. The molecular formula is C13H12FNO2S. The molecule has 94 valence electrons. The lowest BCUT2D eigenvalue weighted by molar-refractivity contribution is 0.0951. The second-order valence-corrected chi connectivity index (χ2v) is 4.58. The van der Waals surface area contributed by atoms with Crippen molar-refractivity contribution in [3.05, 3.63) is 52.0 Å². The van der Waals surface area contributed by atoms with Crippen molar-refractivity contribution < 1.29 is 14.3 Å². The van der Waals surface area contributed by atoms with Crippen molar-refractivity contribution in [1.82, 2.24) is 5.32 Å². The Morgan fingerprint density at radius 1 is 1.39 bits per heavy atom. The molecule has 0 saturated heterocycles. The van der Waals surface area contributed by atoms with Gasteiger partial charge in [-0.05, 0) is 40.9 Å². The molecule has 0 radical (unpaired) electrons. The largest absolute Gasteiger partial charge is 0.507 e. The number of nitrogens with one attached hydrogen (secondary N) is 1. The molecule has 0 aliphatic carbocycles. The topological polar surface area (TPSA) is 49.3 Å². The van der Waals surface area contributed by atoms with Gasteiger partial charge >= 0.3 is 0 Å². The minimum absolute atomic E-state index is 0.0849. The molecule has 1 aromatic carbocycles. The maximum Gasteiger partial charge on any atom is 0.255 e. The third-order valence-corrected chi connectivity index (χ3v) is 3.22. The van der Waals surface area contributed by atoms with E-state index in [4.69, 9.17) is 0 Å². The smallest absolute Gasteiger partial charge is 0.255 e. The minimum Gasteiger partial charge on any atom is -0.507 e. The number of thiophene rings is 1. The van der Waals surface area contributed by atoms with Crippen LogP contribution in [0.4, 0.5) is 4.39 Å². The fourth-order valence-electron chi connectivity index (χ4n) is 1.55. The molecule has 0 unspecified atom stereocenters. The summed E-state index contributed by atoms with van der Waals surface area (Å²) in [7, 11) is 0. The van der Waals surface area contributed by atoms with Crippen molar-refractivity contribution in [2.24, 2.45) is 0 Å². The van der Waals surface area contributed by atoms with Gasteiger partial charge in [-0.25, -0.2) is 4.39 Å². The van der Waals surface area contributed by atoms with Gasteiger partial charge in [0.25, 0.3) is 5.91 Å². The molecule has 3 nitrogen and oxygen atoms in total. The number of amides is 1. The lowest BCUT2D eigenvalue weighted by Crippen LogP contribution is -2.25. The molecule has 0 spiro atoms. The number of aromatic hydroxyl groups is 1. The number of carbonyl (C=O) groups excluding carboxylic acids is 1. The highest BCUT2D eigenvalue weighted by molar-refractivity contribution is 7.07. The highest BCUT2D eigenvalue weighted by Gasteiger charge is 2.11. The van der Waals surface area contributed by atoms with Gasteiger partial charge in [0.15, 0.2) is 0 Å². The van der Waals surface area contributed by atoms with E-state index in [0.29, 0.717) is 6.54 Å². The maximum absolute atomic E-state index is 12.8. The van der Waals surface area contributed by atoms with Gasteiger partial charge in [-0.1, -0.05) is 0 Å². The molecule has 1 aromatic heterocycles. The van der Waals surface area contributed by atoms with Gasteiger partial charge in [0.05, 0.1) is 5.56 Å². The van der Waals surface area contributed by atoms with Gasteiger partial charge in [-0.15, -0.1) is 0 Å². The average Bonchev–Trinajstić information content (AvgIpc) is 2.81. The number of phenols is 1. The highest BCUT2D eigenvalue weighted by Crippen LogP contribution is 2.17. The molecule has 5 heteroatoms. The summed E-state index contributed by atoms with van der Waals surface area (Å²) in [6.45, 7) is 0.479. The Balaban J connectivity index is 1.91. The van der Waals surface area contributed by atoms with E-state index >= 15 is 0 Å². The number of benzene rings is 1. The molecule has 2 rings (SSSR count). The Morgan fingerprint density at radius 3 is 2.89 bits per heavy atom. The van der Waals surface area contributed by atoms with Crippen molar-refractivity contribution in [2.75, 3.05) is 6.54 Å². The molecule has 0 aliphatic rings. The standard InChI is InChI=1S/C13H12FNO2S/c14-10-1-2-11(12(16)7-10)13(17)15-5-3-9-4-6-18-8-9/h1-2,4,6-8,16H,3,5H2,(H,15,17). The lowest BCUT2D eigenvalue weighted by atomic mass is 10.1. The van der Waals surface area contributed by atoms with Crippen LogP contribution in [0.25, 0.3) is 0 Å². The summed E-state index contributed by atoms with van der Waals surface area (Å²) >= 11 is 1.60. The fourth-order valence-corrected chi connectivity index (χ4v) is 2.25. The van der Waals surface area contributed by atoms with Crippen molar-refractivity contribution in [3.63, 3.8) is 0 Å². The molecule has 1 heterocycles. The SMILES string of the molecule is O=C(NCCc1ccsc1)c1ccc(F)cc1O. The zero-order valence-corrected chi connectivity index (χ0v) is 10.3. The third kappa shape index (κ3) is 3.07. The molecule has 0 aliphatic heterocycles. The molecule has 18 heavy (non-hydrogen) atoms. The van der Waals surface area contributed by atoms with Crippen LogP contribution in [-0.4, -0.2) is 17.6 Å². The van der Waals surface area contributed by atoms with E-state index in [-0.39, 0.29) is 11.3 Å². The van der Waals surface area contributed by atoms with Crippen LogP contribution in [0.2, 0.25) is 0 Å². The van der Waals surface area contributed by atoms with Gasteiger partial charge in [0, 0.05) is 12.6 Å². The van der Waals surface area contributed by atoms with Crippen LogP contribution in [-0.2, 0) is 6.42 Å². The van der Waals surface area contributed by atoms with Gasteiger partial charge in [-0.2, -0.15) is 11.3 Å². The first kappa shape index (κ1) is 12.6. The first-order chi connectivity index (χ1) is 8.66. The molecule has 2 N–H and O–H groups in total. The van der Waals surface area contributed by atoms with E-state index in [1.165, 1.54) is 6.07 Å². The first-order valence-electron chi connectivity index (χ1n) is 5.44. The summed E-state index contributed by atoms with van der Waals surface area (Å²) in [6, 6.07) is 5.33. The molecule has 2 aromatic rings. The Morgan fingerprint density at radius 2 is 2.22 bits per heavy atom. The van der Waals surface area contributed by atoms with Crippen molar-refractivity contribution in [3.8, 4) is 5.75 Å².